The molecule has 0 spiro atoms. The van der Waals surface area contributed by atoms with E-state index in [0.29, 0.717) is 23.8 Å². The third kappa shape index (κ3) is 2.99. The topological polar surface area (TPSA) is 52.3 Å². The van der Waals surface area contributed by atoms with Gasteiger partial charge in [0.05, 0.1) is 12.2 Å². The number of rotatable bonds is 3. The first kappa shape index (κ1) is 12.0. The summed E-state index contributed by atoms with van der Waals surface area (Å²) in [6.45, 7) is 2.47. The molecule has 1 aliphatic carbocycles. The van der Waals surface area contributed by atoms with Crippen LogP contribution in [0, 0.1) is 12.8 Å². The molecule has 0 unspecified atom stereocenters. The summed E-state index contributed by atoms with van der Waals surface area (Å²) >= 11 is 0. The molecule has 2 N–H and O–H groups in total. The molecule has 0 radical (unpaired) electrons. The van der Waals surface area contributed by atoms with Crippen molar-refractivity contribution in [2.75, 3.05) is 12.3 Å². The Labute approximate surface area is 102 Å². The van der Waals surface area contributed by atoms with E-state index in [1.807, 2.05) is 13.0 Å². The third-order valence-corrected chi connectivity index (χ3v) is 3.44. The van der Waals surface area contributed by atoms with Crippen LogP contribution in [0.2, 0.25) is 0 Å². The second-order valence-electron chi connectivity index (χ2n) is 4.82. The van der Waals surface area contributed by atoms with Gasteiger partial charge in [0.2, 0.25) is 0 Å². The Morgan fingerprint density at radius 1 is 1.41 bits per heavy atom. The zero-order valence-corrected chi connectivity index (χ0v) is 10.2. The van der Waals surface area contributed by atoms with Gasteiger partial charge in [-0.25, -0.2) is 4.79 Å². The minimum Gasteiger partial charge on any atom is -0.462 e. The van der Waals surface area contributed by atoms with Crippen LogP contribution in [0.3, 0.4) is 0 Å². The van der Waals surface area contributed by atoms with Crippen LogP contribution < -0.4 is 5.73 Å². The highest BCUT2D eigenvalue weighted by atomic mass is 16.5. The lowest BCUT2D eigenvalue weighted by Crippen LogP contribution is -2.12. The van der Waals surface area contributed by atoms with Gasteiger partial charge >= 0.3 is 5.97 Å². The molecule has 2 rings (SSSR count). The molecule has 1 saturated carbocycles. The predicted molar refractivity (Wildman–Crippen MR) is 67.8 cm³/mol. The number of benzene rings is 1. The smallest absolute Gasteiger partial charge is 0.338 e. The van der Waals surface area contributed by atoms with E-state index in [1.165, 1.54) is 25.7 Å². The van der Waals surface area contributed by atoms with E-state index in [4.69, 9.17) is 10.5 Å². The van der Waals surface area contributed by atoms with E-state index in [-0.39, 0.29) is 5.97 Å². The van der Waals surface area contributed by atoms with E-state index in [9.17, 15) is 4.79 Å². The highest BCUT2D eigenvalue weighted by Crippen LogP contribution is 2.25. The molecule has 0 aliphatic heterocycles. The summed E-state index contributed by atoms with van der Waals surface area (Å²) in [4.78, 5) is 11.8. The number of carbonyl (C=O) groups is 1. The number of nitrogens with two attached hydrogens (primary N) is 1. The summed E-state index contributed by atoms with van der Waals surface area (Å²) in [5.41, 5.74) is 7.94. The van der Waals surface area contributed by atoms with Gasteiger partial charge in [-0.1, -0.05) is 18.9 Å². The van der Waals surface area contributed by atoms with Crippen molar-refractivity contribution in [2.24, 2.45) is 5.92 Å². The van der Waals surface area contributed by atoms with Crippen LogP contribution in [-0.2, 0) is 4.74 Å². The van der Waals surface area contributed by atoms with Crippen LogP contribution in [0.25, 0.3) is 0 Å². The average Bonchev–Trinajstić information content (AvgIpc) is 2.82. The molecule has 0 saturated heterocycles. The first-order chi connectivity index (χ1) is 8.16. The molecule has 0 amide bonds. The van der Waals surface area contributed by atoms with E-state index < -0.39 is 0 Å². The van der Waals surface area contributed by atoms with Gasteiger partial charge in [0.15, 0.2) is 0 Å². The van der Waals surface area contributed by atoms with Crippen molar-refractivity contribution in [3.63, 3.8) is 0 Å². The zero-order valence-electron chi connectivity index (χ0n) is 10.2. The molecule has 3 heteroatoms. The van der Waals surface area contributed by atoms with Gasteiger partial charge in [-0.05, 0) is 43.4 Å². The monoisotopic (exact) mass is 233 g/mol. The van der Waals surface area contributed by atoms with Gasteiger partial charge in [0.1, 0.15) is 0 Å². The Morgan fingerprint density at radius 2 is 2.12 bits per heavy atom. The van der Waals surface area contributed by atoms with Crippen molar-refractivity contribution in [2.45, 2.75) is 32.6 Å². The number of nitrogen functional groups attached to an aromatic ring is 1. The second kappa shape index (κ2) is 5.21. The molecule has 1 fully saturated rings. The molecule has 3 nitrogen and oxygen atoms in total. The van der Waals surface area contributed by atoms with E-state index in [1.54, 1.807) is 12.1 Å². The molecule has 0 atom stereocenters. The maximum absolute atomic E-state index is 11.8. The number of ether oxygens (including phenoxy) is 1. The van der Waals surface area contributed by atoms with Crippen LogP contribution in [0.4, 0.5) is 5.69 Å². The molecule has 17 heavy (non-hydrogen) atoms. The summed E-state index contributed by atoms with van der Waals surface area (Å²) < 4.78 is 5.31. The first-order valence-electron chi connectivity index (χ1n) is 6.20. The fraction of sp³-hybridized carbons (Fsp3) is 0.500. The lowest BCUT2D eigenvalue weighted by molar-refractivity contribution is 0.0442. The van der Waals surface area contributed by atoms with Gasteiger partial charge in [0.25, 0.3) is 0 Å². The first-order valence-corrected chi connectivity index (χ1v) is 6.20. The van der Waals surface area contributed by atoms with Gasteiger partial charge < -0.3 is 10.5 Å². The van der Waals surface area contributed by atoms with Crippen molar-refractivity contribution in [3.05, 3.63) is 29.3 Å². The van der Waals surface area contributed by atoms with Crippen LogP contribution in [0.1, 0.15) is 41.6 Å². The van der Waals surface area contributed by atoms with Crippen molar-refractivity contribution < 1.29 is 9.53 Å². The Morgan fingerprint density at radius 3 is 2.76 bits per heavy atom. The summed E-state index contributed by atoms with van der Waals surface area (Å²) in [7, 11) is 0. The highest BCUT2D eigenvalue weighted by Gasteiger charge is 2.17. The quantitative estimate of drug-likeness (QED) is 0.645. The fourth-order valence-electron chi connectivity index (χ4n) is 2.22. The highest BCUT2D eigenvalue weighted by molar-refractivity contribution is 5.90. The summed E-state index contributed by atoms with van der Waals surface area (Å²) in [5, 5.41) is 0. The molecular formula is C14H19NO2. The van der Waals surface area contributed by atoms with Crippen LogP contribution >= 0.6 is 0 Å². The second-order valence-corrected chi connectivity index (χ2v) is 4.82. The van der Waals surface area contributed by atoms with Crippen LogP contribution in [0.15, 0.2) is 18.2 Å². The Hall–Kier alpha value is -1.51. The average molecular weight is 233 g/mol. The Balaban J connectivity index is 1.92. The molecule has 0 bridgehead atoms. The number of esters is 1. The van der Waals surface area contributed by atoms with Gasteiger partial charge in [-0.15, -0.1) is 0 Å². The van der Waals surface area contributed by atoms with Gasteiger partial charge in [-0.2, -0.15) is 0 Å². The minimum atomic E-state index is -0.261. The molecule has 92 valence electrons. The lowest BCUT2D eigenvalue weighted by atomic mass is 10.1. The Kier molecular flexibility index (Phi) is 3.67. The molecule has 1 aromatic rings. The minimum absolute atomic E-state index is 0.261. The molecule has 1 aromatic carbocycles. The largest absolute Gasteiger partial charge is 0.462 e. The molecule has 0 aromatic heterocycles. The van der Waals surface area contributed by atoms with Crippen molar-refractivity contribution in [1.82, 2.24) is 0 Å². The molecule has 0 heterocycles. The van der Waals surface area contributed by atoms with Crippen molar-refractivity contribution in [3.8, 4) is 0 Å². The fourth-order valence-corrected chi connectivity index (χ4v) is 2.22. The van der Waals surface area contributed by atoms with E-state index in [2.05, 4.69) is 0 Å². The molecule has 1 aliphatic rings. The maximum atomic E-state index is 11.8. The lowest BCUT2D eigenvalue weighted by Gasteiger charge is -2.10. The van der Waals surface area contributed by atoms with Crippen molar-refractivity contribution >= 4 is 11.7 Å². The number of carbonyl (C=O) groups excluding carboxylic acids is 1. The normalized spacial score (nSPS) is 16.1. The number of anilines is 1. The predicted octanol–water partition coefficient (Wildman–Crippen LogP) is 2.92. The van der Waals surface area contributed by atoms with Crippen LogP contribution in [-0.4, -0.2) is 12.6 Å². The number of hydrogen-bond acceptors (Lipinski definition) is 3. The SMILES string of the molecule is Cc1ccc(C(=O)OCC2CCCC2)cc1N. The van der Waals surface area contributed by atoms with Crippen molar-refractivity contribution in [1.29, 1.82) is 0 Å². The Bertz CT molecular complexity index is 409. The van der Waals surface area contributed by atoms with Crippen LogP contribution in [0.5, 0.6) is 0 Å². The summed E-state index contributed by atoms with van der Waals surface area (Å²) in [6, 6.07) is 5.30. The number of aryl methyl sites for hydroxylation is 1. The summed E-state index contributed by atoms with van der Waals surface area (Å²) in [6.07, 6.45) is 4.89. The van der Waals surface area contributed by atoms with E-state index in [0.717, 1.165) is 5.56 Å². The van der Waals surface area contributed by atoms with Gasteiger partial charge in [-0.3, -0.25) is 0 Å². The molecular weight excluding hydrogens is 214 g/mol. The standard InChI is InChI=1S/C14H19NO2/c1-10-6-7-12(8-13(10)15)14(16)17-9-11-4-2-3-5-11/h6-8,11H,2-5,9,15H2,1H3. The van der Waals surface area contributed by atoms with Gasteiger partial charge in [0, 0.05) is 5.69 Å². The van der Waals surface area contributed by atoms with E-state index >= 15 is 0 Å². The maximum Gasteiger partial charge on any atom is 0.338 e. The summed E-state index contributed by atoms with van der Waals surface area (Å²) in [5.74, 6) is 0.297. The zero-order chi connectivity index (χ0) is 12.3. The third-order valence-electron chi connectivity index (χ3n) is 3.44. The number of hydrogen-bond donors (Lipinski definition) is 1.